The van der Waals surface area contributed by atoms with Crippen LogP contribution in [0.25, 0.3) is 83.6 Å². The van der Waals surface area contributed by atoms with Crippen LogP contribution >= 0.6 is 0 Å². The summed E-state index contributed by atoms with van der Waals surface area (Å²) in [7, 11) is 0. The van der Waals surface area contributed by atoms with Crippen LogP contribution in [0.1, 0.15) is 25.0 Å². The zero-order valence-corrected chi connectivity index (χ0v) is 25.9. The third kappa shape index (κ3) is 3.57. The Morgan fingerprint density at radius 2 is 1.17 bits per heavy atom. The first-order valence-corrected chi connectivity index (χ1v) is 16.0. The van der Waals surface area contributed by atoms with Gasteiger partial charge in [0, 0.05) is 38.3 Å². The molecule has 0 aliphatic heterocycles. The van der Waals surface area contributed by atoms with Gasteiger partial charge >= 0.3 is 0 Å². The van der Waals surface area contributed by atoms with Crippen LogP contribution in [0.4, 0.5) is 0 Å². The summed E-state index contributed by atoms with van der Waals surface area (Å²) in [6, 6.07) is 46.1. The van der Waals surface area contributed by atoms with Crippen molar-refractivity contribution in [1.82, 2.24) is 19.5 Å². The molecule has 0 saturated heterocycles. The van der Waals surface area contributed by atoms with E-state index in [1.807, 2.05) is 66.7 Å². The second-order valence-corrected chi connectivity index (χ2v) is 12.8. The van der Waals surface area contributed by atoms with E-state index < -0.39 is 0 Å². The molecule has 1 aliphatic rings. The Kier molecular flexibility index (Phi) is 5.28. The normalized spacial score (nSPS) is 13.5. The predicted octanol–water partition coefficient (Wildman–Crippen LogP) is 10.5. The van der Waals surface area contributed by atoms with Crippen LogP contribution in [0.5, 0.6) is 0 Å². The molecule has 3 heterocycles. The van der Waals surface area contributed by atoms with Gasteiger partial charge in [0.05, 0.1) is 16.4 Å². The van der Waals surface area contributed by atoms with Gasteiger partial charge in [-0.1, -0.05) is 135 Å². The zero-order valence-electron chi connectivity index (χ0n) is 25.9. The summed E-state index contributed by atoms with van der Waals surface area (Å²) >= 11 is 0. The van der Waals surface area contributed by atoms with E-state index in [1.54, 1.807) is 0 Å². The van der Waals surface area contributed by atoms with Gasteiger partial charge in [0.1, 0.15) is 11.2 Å². The van der Waals surface area contributed by atoms with Crippen molar-refractivity contribution in [2.24, 2.45) is 0 Å². The molecule has 0 atom stereocenters. The standard InChI is InChI=1S/C42H28N4O/c1-42(2)30-22-12-9-19-27(30)33-34-28-20-10-13-23-31(28)46(37(34)35-29-21-11-14-24-32(29)47-38(35)36(33)42)41-44-39(25-15-5-3-6-16-25)43-40(45-41)26-17-7-4-8-18-26/h3-24H,1-2H3. The van der Waals surface area contributed by atoms with Gasteiger partial charge in [0.2, 0.25) is 5.95 Å². The van der Waals surface area contributed by atoms with E-state index in [9.17, 15) is 0 Å². The van der Waals surface area contributed by atoms with Gasteiger partial charge in [-0.05, 0) is 28.8 Å². The second kappa shape index (κ2) is 9.47. The van der Waals surface area contributed by atoms with Crippen LogP contribution in [0.3, 0.4) is 0 Å². The van der Waals surface area contributed by atoms with Crippen LogP contribution in [0, 0.1) is 0 Å². The van der Waals surface area contributed by atoms with Crippen molar-refractivity contribution >= 4 is 43.7 Å². The van der Waals surface area contributed by atoms with E-state index in [-0.39, 0.29) is 5.41 Å². The quantitative estimate of drug-likeness (QED) is 0.201. The molecule has 0 amide bonds. The highest BCUT2D eigenvalue weighted by Gasteiger charge is 2.41. The summed E-state index contributed by atoms with van der Waals surface area (Å²) in [6.45, 7) is 4.64. The van der Waals surface area contributed by atoms with Crippen molar-refractivity contribution in [2.45, 2.75) is 19.3 Å². The highest BCUT2D eigenvalue weighted by atomic mass is 16.3. The highest BCUT2D eigenvalue weighted by Crippen LogP contribution is 2.57. The van der Waals surface area contributed by atoms with Crippen molar-refractivity contribution in [2.75, 3.05) is 0 Å². The minimum Gasteiger partial charge on any atom is -0.456 e. The van der Waals surface area contributed by atoms with Crippen LogP contribution in [-0.2, 0) is 5.41 Å². The molecule has 0 saturated carbocycles. The van der Waals surface area contributed by atoms with Gasteiger partial charge in [0.15, 0.2) is 11.6 Å². The molecule has 6 aromatic carbocycles. The third-order valence-electron chi connectivity index (χ3n) is 9.82. The summed E-state index contributed by atoms with van der Waals surface area (Å²) in [5.41, 5.74) is 10.5. The number of para-hydroxylation sites is 2. The van der Waals surface area contributed by atoms with E-state index in [4.69, 9.17) is 19.4 Å². The monoisotopic (exact) mass is 604 g/mol. The molecular formula is C42H28N4O. The van der Waals surface area contributed by atoms with Gasteiger partial charge in [-0.25, -0.2) is 4.98 Å². The maximum atomic E-state index is 6.88. The number of hydrogen-bond acceptors (Lipinski definition) is 4. The van der Waals surface area contributed by atoms with Crippen LogP contribution < -0.4 is 0 Å². The molecule has 0 fully saturated rings. The van der Waals surface area contributed by atoms with Gasteiger partial charge in [-0.3, -0.25) is 4.57 Å². The Morgan fingerprint density at radius 3 is 1.89 bits per heavy atom. The smallest absolute Gasteiger partial charge is 0.238 e. The van der Waals surface area contributed by atoms with Crippen LogP contribution in [0.15, 0.2) is 138 Å². The maximum Gasteiger partial charge on any atom is 0.238 e. The van der Waals surface area contributed by atoms with Crippen molar-refractivity contribution in [3.8, 4) is 39.9 Å². The van der Waals surface area contributed by atoms with Crippen LogP contribution in [-0.4, -0.2) is 19.5 Å². The molecule has 0 bridgehead atoms. The molecule has 3 aromatic heterocycles. The second-order valence-electron chi connectivity index (χ2n) is 12.8. The van der Waals surface area contributed by atoms with E-state index in [0.29, 0.717) is 17.6 Å². The fraction of sp³-hybridized carbons (Fsp3) is 0.0714. The lowest BCUT2D eigenvalue weighted by molar-refractivity contribution is 0.620. The molecule has 1 aliphatic carbocycles. The SMILES string of the molecule is CC1(C)c2ccccc2-c2c1c1oc3ccccc3c1c1c2c2ccccc2n1-c1nc(-c2ccccc2)nc(-c2ccccc2)n1. The molecule has 0 radical (unpaired) electrons. The van der Waals surface area contributed by atoms with E-state index in [0.717, 1.165) is 49.5 Å². The average Bonchev–Trinajstić information content (AvgIpc) is 3.75. The number of benzene rings is 6. The van der Waals surface area contributed by atoms with Gasteiger partial charge in [0.25, 0.3) is 0 Å². The lowest BCUT2D eigenvalue weighted by atomic mass is 9.81. The fourth-order valence-corrected chi connectivity index (χ4v) is 7.78. The summed E-state index contributed by atoms with van der Waals surface area (Å²) in [5.74, 6) is 1.82. The number of nitrogens with zero attached hydrogens (tertiary/aromatic N) is 4. The van der Waals surface area contributed by atoms with Crippen molar-refractivity contribution in [3.05, 3.63) is 145 Å². The first-order valence-electron chi connectivity index (χ1n) is 16.0. The Labute approximate surface area is 270 Å². The minimum atomic E-state index is -0.260. The van der Waals surface area contributed by atoms with Crippen LogP contribution in [0.2, 0.25) is 0 Å². The number of hydrogen-bond donors (Lipinski definition) is 0. The van der Waals surface area contributed by atoms with Crippen molar-refractivity contribution in [3.63, 3.8) is 0 Å². The van der Waals surface area contributed by atoms with E-state index in [2.05, 4.69) is 85.1 Å². The summed E-state index contributed by atoms with van der Waals surface area (Å²) in [6.07, 6.45) is 0. The molecule has 0 unspecified atom stereocenters. The first kappa shape index (κ1) is 26.2. The minimum absolute atomic E-state index is 0.260. The Morgan fingerprint density at radius 1 is 0.574 bits per heavy atom. The van der Waals surface area contributed by atoms with Crippen molar-refractivity contribution in [1.29, 1.82) is 0 Å². The third-order valence-corrected chi connectivity index (χ3v) is 9.82. The molecule has 9 aromatic rings. The molecule has 0 spiro atoms. The van der Waals surface area contributed by atoms with Crippen molar-refractivity contribution < 1.29 is 4.42 Å². The molecular weight excluding hydrogens is 576 g/mol. The Balaban J connectivity index is 1.44. The molecule has 47 heavy (non-hydrogen) atoms. The number of rotatable bonds is 3. The first-order chi connectivity index (χ1) is 23.1. The summed E-state index contributed by atoms with van der Waals surface area (Å²) in [4.78, 5) is 15.4. The van der Waals surface area contributed by atoms with E-state index >= 15 is 0 Å². The van der Waals surface area contributed by atoms with Gasteiger partial charge in [-0.2, -0.15) is 9.97 Å². The fourth-order valence-electron chi connectivity index (χ4n) is 7.78. The lowest BCUT2D eigenvalue weighted by Crippen LogP contribution is -2.15. The molecule has 0 N–H and O–H groups in total. The van der Waals surface area contributed by atoms with Gasteiger partial charge < -0.3 is 4.42 Å². The Bertz CT molecular complexity index is 2640. The predicted molar refractivity (Wildman–Crippen MR) is 190 cm³/mol. The summed E-state index contributed by atoms with van der Waals surface area (Å²) in [5, 5.41) is 4.50. The van der Waals surface area contributed by atoms with Gasteiger partial charge in [-0.15, -0.1) is 0 Å². The summed E-state index contributed by atoms with van der Waals surface area (Å²) < 4.78 is 9.12. The number of fused-ring (bicyclic) bond motifs is 12. The topological polar surface area (TPSA) is 56.7 Å². The molecule has 222 valence electrons. The maximum absolute atomic E-state index is 6.88. The number of aromatic nitrogens is 4. The highest BCUT2D eigenvalue weighted by molar-refractivity contribution is 6.30. The largest absolute Gasteiger partial charge is 0.456 e. The Hall–Kier alpha value is -6.07. The zero-order chi connectivity index (χ0) is 31.3. The lowest BCUT2D eigenvalue weighted by Gasteiger charge is -2.21. The molecule has 10 rings (SSSR count). The van der Waals surface area contributed by atoms with E-state index in [1.165, 1.54) is 27.6 Å². The molecule has 5 nitrogen and oxygen atoms in total. The number of furan rings is 1. The molecule has 5 heteroatoms. The average molecular weight is 605 g/mol.